The van der Waals surface area contributed by atoms with Crippen LogP contribution in [0.15, 0.2) is 0 Å². The molecule has 8 heteroatoms. The van der Waals surface area contributed by atoms with Gasteiger partial charge in [0.05, 0.1) is 6.54 Å². The number of rotatable bonds is 3. The minimum absolute atomic E-state index is 0.472. The lowest BCUT2D eigenvalue weighted by Gasteiger charge is -2.17. The van der Waals surface area contributed by atoms with Crippen molar-refractivity contribution in [1.29, 1.82) is 0 Å². The molecule has 0 fully saturated rings. The van der Waals surface area contributed by atoms with Crippen LogP contribution >= 0.6 is 0 Å². The quantitative estimate of drug-likeness (QED) is 0.530. The summed E-state index contributed by atoms with van der Waals surface area (Å²) in [4.78, 5) is 23.1. The average molecular weight is 309 g/mol. The van der Waals surface area contributed by atoms with Crippen molar-refractivity contribution in [1.82, 2.24) is 5.32 Å². The SMILES string of the molecule is CC(C)(C)C(=O)CNC(=O)c1c(F)c(F)c(F)c(F)c1F. The highest BCUT2D eigenvalue weighted by atomic mass is 19.2. The highest BCUT2D eigenvalue weighted by Crippen LogP contribution is 2.23. The van der Waals surface area contributed by atoms with E-state index in [1.165, 1.54) is 0 Å². The Morgan fingerprint density at radius 1 is 0.857 bits per heavy atom. The van der Waals surface area contributed by atoms with Crippen molar-refractivity contribution in [3.05, 3.63) is 34.6 Å². The van der Waals surface area contributed by atoms with Gasteiger partial charge in [0.1, 0.15) is 5.56 Å². The molecule has 1 aromatic rings. The summed E-state index contributed by atoms with van der Waals surface area (Å²) in [5.41, 5.74) is -2.45. The molecule has 0 bridgehead atoms. The van der Waals surface area contributed by atoms with E-state index in [1.54, 1.807) is 20.8 Å². The molecule has 0 saturated heterocycles. The number of carbonyl (C=O) groups is 2. The maximum Gasteiger partial charge on any atom is 0.257 e. The Labute approximate surface area is 117 Å². The lowest BCUT2D eigenvalue weighted by molar-refractivity contribution is -0.125. The molecule has 0 unspecified atom stereocenters. The van der Waals surface area contributed by atoms with Crippen molar-refractivity contribution in [3.63, 3.8) is 0 Å². The molecule has 0 atom stereocenters. The van der Waals surface area contributed by atoms with Crippen LogP contribution in [0, 0.1) is 34.5 Å². The normalized spacial score (nSPS) is 11.4. The number of halogens is 5. The Balaban J connectivity index is 3.08. The molecule has 3 nitrogen and oxygen atoms in total. The van der Waals surface area contributed by atoms with Gasteiger partial charge in [0, 0.05) is 5.41 Å². The summed E-state index contributed by atoms with van der Waals surface area (Å²) in [7, 11) is 0. The van der Waals surface area contributed by atoms with Crippen LogP contribution in [0.3, 0.4) is 0 Å². The van der Waals surface area contributed by atoms with Crippen molar-refractivity contribution < 1.29 is 31.5 Å². The molecule has 1 aromatic carbocycles. The summed E-state index contributed by atoms with van der Waals surface area (Å²) in [5, 5.41) is 1.84. The van der Waals surface area contributed by atoms with Gasteiger partial charge in [-0.25, -0.2) is 22.0 Å². The van der Waals surface area contributed by atoms with E-state index in [9.17, 15) is 31.5 Å². The summed E-state index contributed by atoms with van der Waals surface area (Å²) in [6.07, 6.45) is 0. The third-order valence-electron chi connectivity index (χ3n) is 2.68. The van der Waals surface area contributed by atoms with E-state index >= 15 is 0 Å². The van der Waals surface area contributed by atoms with Crippen LogP contribution in [0.1, 0.15) is 31.1 Å². The minimum Gasteiger partial charge on any atom is -0.345 e. The molecule has 0 aliphatic carbocycles. The molecule has 1 rings (SSSR count). The summed E-state index contributed by atoms with van der Waals surface area (Å²) in [6, 6.07) is 0. The van der Waals surface area contributed by atoms with Gasteiger partial charge >= 0.3 is 0 Å². The number of carbonyl (C=O) groups excluding carboxylic acids is 2. The van der Waals surface area contributed by atoms with E-state index in [2.05, 4.69) is 0 Å². The molecular weight excluding hydrogens is 297 g/mol. The maximum absolute atomic E-state index is 13.3. The second kappa shape index (κ2) is 5.79. The van der Waals surface area contributed by atoms with E-state index < -0.39 is 58.3 Å². The van der Waals surface area contributed by atoms with Crippen LogP contribution in [0.5, 0.6) is 0 Å². The minimum atomic E-state index is -2.35. The fourth-order valence-corrected chi connectivity index (χ4v) is 1.32. The number of hydrogen-bond donors (Lipinski definition) is 1. The molecule has 0 aliphatic heterocycles. The van der Waals surface area contributed by atoms with Gasteiger partial charge in [-0.2, -0.15) is 0 Å². The molecule has 0 spiro atoms. The number of nitrogens with one attached hydrogen (secondary N) is 1. The fraction of sp³-hybridized carbons (Fsp3) is 0.385. The standard InChI is InChI=1S/C13H12F5NO2/c1-13(2,3)5(20)4-19-12(21)6-7(14)9(16)11(18)10(17)8(6)15/h4H2,1-3H3,(H,19,21). The molecule has 0 saturated carbocycles. The third kappa shape index (κ3) is 3.37. The van der Waals surface area contributed by atoms with E-state index in [0.717, 1.165) is 0 Å². The number of ketones is 1. The first kappa shape index (κ1) is 17.1. The van der Waals surface area contributed by atoms with E-state index in [1.807, 2.05) is 5.32 Å². The molecule has 0 heterocycles. The Morgan fingerprint density at radius 3 is 1.62 bits per heavy atom. The molecule has 0 aliphatic rings. The molecule has 116 valence electrons. The van der Waals surface area contributed by atoms with Crippen LogP contribution in [-0.2, 0) is 4.79 Å². The van der Waals surface area contributed by atoms with Crippen molar-refractivity contribution >= 4 is 11.7 Å². The largest absolute Gasteiger partial charge is 0.345 e. The predicted molar refractivity (Wildman–Crippen MR) is 63.0 cm³/mol. The Kier molecular flexibility index (Phi) is 4.70. The summed E-state index contributed by atoms with van der Waals surface area (Å²) < 4.78 is 65.4. The Hall–Kier alpha value is -1.99. The molecule has 1 N–H and O–H groups in total. The zero-order valence-corrected chi connectivity index (χ0v) is 11.4. The molecule has 21 heavy (non-hydrogen) atoms. The fourth-order valence-electron chi connectivity index (χ4n) is 1.32. The first-order chi connectivity index (χ1) is 9.48. The molecule has 0 radical (unpaired) electrons. The summed E-state index contributed by atoms with van der Waals surface area (Å²) >= 11 is 0. The molecular formula is C13H12F5NO2. The highest BCUT2D eigenvalue weighted by Gasteiger charge is 2.30. The maximum atomic E-state index is 13.3. The zero-order chi connectivity index (χ0) is 16.5. The van der Waals surface area contributed by atoms with Gasteiger partial charge in [-0.3, -0.25) is 9.59 Å². The van der Waals surface area contributed by atoms with Crippen molar-refractivity contribution in [2.75, 3.05) is 6.54 Å². The van der Waals surface area contributed by atoms with Gasteiger partial charge in [-0.15, -0.1) is 0 Å². The van der Waals surface area contributed by atoms with Gasteiger partial charge in [0.25, 0.3) is 5.91 Å². The van der Waals surface area contributed by atoms with Crippen LogP contribution in [0.2, 0.25) is 0 Å². The lowest BCUT2D eigenvalue weighted by Crippen LogP contribution is -2.36. The van der Waals surface area contributed by atoms with Crippen molar-refractivity contribution in [2.24, 2.45) is 5.41 Å². The summed E-state index contributed by atoms with van der Waals surface area (Å²) in [5.74, 6) is -13.3. The van der Waals surface area contributed by atoms with Crippen molar-refractivity contribution in [3.8, 4) is 0 Å². The second-order valence-corrected chi connectivity index (χ2v) is 5.30. The van der Waals surface area contributed by atoms with Gasteiger partial charge in [0.15, 0.2) is 29.1 Å². The van der Waals surface area contributed by atoms with Gasteiger partial charge < -0.3 is 5.32 Å². The lowest BCUT2D eigenvalue weighted by atomic mass is 9.91. The van der Waals surface area contributed by atoms with Crippen molar-refractivity contribution in [2.45, 2.75) is 20.8 Å². The topological polar surface area (TPSA) is 46.2 Å². The van der Waals surface area contributed by atoms with Gasteiger partial charge in [0.2, 0.25) is 5.82 Å². The number of Topliss-reactive ketones (excluding diaryl/α,β-unsaturated/α-hetero) is 1. The Bertz CT molecular complexity index is 579. The van der Waals surface area contributed by atoms with E-state index in [4.69, 9.17) is 0 Å². The van der Waals surface area contributed by atoms with Crippen LogP contribution in [0.25, 0.3) is 0 Å². The number of hydrogen-bond acceptors (Lipinski definition) is 2. The van der Waals surface area contributed by atoms with Gasteiger partial charge in [-0.05, 0) is 0 Å². The van der Waals surface area contributed by atoms with E-state index in [-0.39, 0.29) is 0 Å². The number of amides is 1. The Morgan fingerprint density at radius 2 is 1.24 bits per heavy atom. The smallest absolute Gasteiger partial charge is 0.257 e. The first-order valence-corrected chi connectivity index (χ1v) is 5.81. The van der Waals surface area contributed by atoms with Crippen LogP contribution in [-0.4, -0.2) is 18.2 Å². The summed E-state index contributed by atoms with van der Waals surface area (Å²) in [6.45, 7) is 4.03. The highest BCUT2D eigenvalue weighted by molar-refractivity contribution is 5.98. The van der Waals surface area contributed by atoms with Gasteiger partial charge in [-0.1, -0.05) is 20.8 Å². The monoisotopic (exact) mass is 309 g/mol. The molecule has 0 aromatic heterocycles. The van der Waals surface area contributed by atoms with Crippen LogP contribution in [0.4, 0.5) is 22.0 Å². The number of benzene rings is 1. The predicted octanol–water partition coefficient (Wildman–Crippen LogP) is 2.73. The first-order valence-electron chi connectivity index (χ1n) is 5.81. The van der Waals surface area contributed by atoms with E-state index in [0.29, 0.717) is 0 Å². The second-order valence-electron chi connectivity index (χ2n) is 5.30. The molecule has 1 amide bonds. The zero-order valence-electron chi connectivity index (χ0n) is 11.4. The average Bonchev–Trinajstić information content (AvgIpc) is 2.39. The third-order valence-corrected chi connectivity index (χ3v) is 2.68. The van der Waals surface area contributed by atoms with Crippen LogP contribution < -0.4 is 5.32 Å².